The van der Waals surface area contributed by atoms with Gasteiger partial charge in [0, 0.05) is 11.7 Å². The van der Waals surface area contributed by atoms with E-state index >= 15 is 4.39 Å². The predicted octanol–water partition coefficient (Wildman–Crippen LogP) is 6.36. The van der Waals surface area contributed by atoms with E-state index in [0.717, 1.165) is 17.4 Å². The van der Waals surface area contributed by atoms with Gasteiger partial charge in [-0.25, -0.2) is 12.8 Å². The zero-order valence-corrected chi connectivity index (χ0v) is 29.2. The number of sulfone groups is 1. The Morgan fingerprint density at radius 2 is 1.04 bits per heavy atom. The summed E-state index contributed by atoms with van der Waals surface area (Å²) in [6, 6.07) is 22.7. The number of halogens is 1. The third kappa shape index (κ3) is 7.87. The van der Waals surface area contributed by atoms with E-state index in [4.69, 9.17) is 13.1 Å². The molecule has 48 heavy (non-hydrogen) atoms. The number of methoxy groups -OCH3 is 1. The normalized spacial score (nSPS) is 15.1. The SMILES string of the molecule is COc1ccc(C2=C(c3ccc(S(C)(=O)=O)cc3)CC(COS(=O)(=O)c3ccc(C)cc3)(COS(=O)(=O)c3ccc(C)cc3)C2)cc1F. The third-order valence-electron chi connectivity index (χ3n) is 8.26. The fourth-order valence-corrected chi connectivity index (χ4v) is 8.18. The van der Waals surface area contributed by atoms with Gasteiger partial charge in [0.1, 0.15) is 0 Å². The molecular weight excluding hydrogens is 680 g/mol. The maximum atomic E-state index is 15.0. The van der Waals surface area contributed by atoms with Crippen molar-refractivity contribution in [2.75, 3.05) is 26.6 Å². The maximum Gasteiger partial charge on any atom is 0.296 e. The molecule has 1 aliphatic carbocycles. The van der Waals surface area contributed by atoms with Crippen LogP contribution in [0.15, 0.2) is 106 Å². The molecule has 0 saturated heterocycles. The standard InChI is InChI=1S/C35H35FO9S3/c1-24-5-12-29(13-6-24)47(39,40)44-22-35(23-45-48(41,42)30-14-7-25(2)8-15-30)20-31(26-9-16-28(17-10-26)46(4,37)38)32(21-35)27-11-18-34(43-3)33(36)19-27/h5-19H,20-23H2,1-4H3. The van der Waals surface area contributed by atoms with Crippen molar-refractivity contribution in [1.82, 2.24) is 0 Å². The van der Waals surface area contributed by atoms with E-state index in [1.165, 1.54) is 55.6 Å². The molecule has 254 valence electrons. The van der Waals surface area contributed by atoms with E-state index in [1.54, 1.807) is 42.5 Å². The number of hydrogen-bond acceptors (Lipinski definition) is 9. The molecule has 5 rings (SSSR count). The van der Waals surface area contributed by atoms with Gasteiger partial charge < -0.3 is 4.74 Å². The average molecular weight is 715 g/mol. The summed E-state index contributed by atoms with van der Waals surface area (Å²) in [6.07, 6.45) is 1.18. The van der Waals surface area contributed by atoms with E-state index in [1.807, 2.05) is 13.8 Å². The van der Waals surface area contributed by atoms with Crippen molar-refractivity contribution in [3.63, 3.8) is 0 Å². The van der Waals surface area contributed by atoms with Gasteiger partial charge in [-0.15, -0.1) is 0 Å². The molecule has 0 radical (unpaired) electrons. The molecule has 0 atom stereocenters. The molecule has 0 saturated carbocycles. The van der Waals surface area contributed by atoms with Crippen LogP contribution >= 0.6 is 0 Å². The molecule has 4 aromatic rings. The lowest BCUT2D eigenvalue weighted by molar-refractivity contribution is 0.0982. The first-order valence-corrected chi connectivity index (χ1v) is 19.5. The van der Waals surface area contributed by atoms with Crippen LogP contribution in [0.3, 0.4) is 0 Å². The molecule has 0 unspecified atom stereocenters. The lowest BCUT2D eigenvalue weighted by atomic mass is 9.84. The largest absolute Gasteiger partial charge is 0.494 e. The Morgan fingerprint density at radius 3 is 1.46 bits per heavy atom. The van der Waals surface area contributed by atoms with Crippen molar-refractivity contribution in [3.8, 4) is 5.75 Å². The van der Waals surface area contributed by atoms with Gasteiger partial charge in [-0.2, -0.15) is 16.8 Å². The molecule has 0 fully saturated rings. The lowest BCUT2D eigenvalue weighted by Gasteiger charge is -2.29. The predicted molar refractivity (Wildman–Crippen MR) is 180 cm³/mol. The number of aryl methyl sites for hydroxylation is 2. The molecule has 0 N–H and O–H groups in total. The van der Waals surface area contributed by atoms with Crippen LogP contribution in [0.25, 0.3) is 11.1 Å². The number of rotatable bonds is 12. The fourth-order valence-electron chi connectivity index (χ4n) is 5.53. The fraction of sp³-hybridized carbons (Fsp3) is 0.257. The summed E-state index contributed by atoms with van der Waals surface area (Å²) in [7, 11) is -10.7. The minimum atomic E-state index is -4.28. The zero-order valence-electron chi connectivity index (χ0n) is 26.8. The Labute approximate surface area is 281 Å². The summed E-state index contributed by atoms with van der Waals surface area (Å²) in [4.78, 5) is -0.0546. The molecule has 0 bridgehead atoms. The van der Waals surface area contributed by atoms with Crippen LogP contribution in [0.2, 0.25) is 0 Å². The van der Waals surface area contributed by atoms with Crippen LogP contribution in [-0.2, 0) is 38.4 Å². The number of benzene rings is 4. The highest BCUT2D eigenvalue weighted by atomic mass is 32.2. The van der Waals surface area contributed by atoms with Crippen LogP contribution in [-0.4, -0.2) is 51.8 Å². The molecule has 0 aliphatic heterocycles. The summed E-state index contributed by atoms with van der Waals surface area (Å²) in [5.41, 5.74) is 2.65. The van der Waals surface area contributed by atoms with Crippen LogP contribution in [0.1, 0.15) is 35.1 Å². The van der Waals surface area contributed by atoms with Crippen molar-refractivity contribution in [2.24, 2.45) is 5.41 Å². The molecule has 4 aromatic carbocycles. The van der Waals surface area contributed by atoms with Gasteiger partial charge in [-0.05, 0) is 97.5 Å². The highest BCUT2D eigenvalue weighted by molar-refractivity contribution is 7.90. The number of hydrogen-bond donors (Lipinski definition) is 0. The molecule has 0 aromatic heterocycles. The first-order chi connectivity index (χ1) is 22.5. The summed E-state index contributed by atoms with van der Waals surface area (Å²) in [5, 5.41) is 0. The highest BCUT2D eigenvalue weighted by Gasteiger charge is 2.43. The minimum absolute atomic E-state index is 0.0164. The quantitative estimate of drug-likeness (QED) is 0.154. The summed E-state index contributed by atoms with van der Waals surface area (Å²) < 4.78 is 109. The number of ether oxygens (including phenoxy) is 1. The van der Waals surface area contributed by atoms with Crippen molar-refractivity contribution in [1.29, 1.82) is 0 Å². The van der Waals surface area contributed by atoms with Gasteiger partial charge in [-0.3, -0.25) is 8.37 Å². The summed E-state index contributed by atoms with van der Waals surface area (Å²) >= 11 is 0. The topological polar surface area (TPSA) is 130 Å². The van der Waals surface area contributed by atoms with Crippen molar-refractivity contribution < 1.29 is 42.7 Å². The first kappa shape index (κ1) is 35.4. The Bertz CT molecular complexity index is 2100. The molecule has 0 heterocycles. The second-order valence-electron chi connectivity index (χ2n) is 12.0. The molecule has 0 amide bonds. The first-order valence-electron chi connectivity index (χ1n) is 14.8. The third-order valence-corrected chi connectivity index (χ3v) is 11.9. The second kappa shape index (κ2) is 13.6. The van der Waals surface area contributed by atoms with Gasteiger partial charge in [0.25, 0.3) is 20.2 Å². The Balaban J connectivity index is 1.58. The molecule has 1 aliphatic rings. The van der Waals surface area contributed by atoms with Crippen molar-refractivity contribution >= 4 is 41.2 Å². The summed E-state index contributed by atoms with van der Waals surface area (Å²) in [6.45, 7) is 2.69. The van der Waals surface area contributed by atoms with Gasteiger partial charge in [0.15, 0.2) is 21.4 Å². The molecule has 13 heteroatoms. The number of allylic oxidation sites excluding steroid dienone is 2. The van der Waals surface area contributed by atoms with E-state index in [0.29, 0.717) is 22.3 Å². The van der Waals surface area contributed by atoms with Crippen LogP contribution in [0, 0.1) is 25.1 Å². The monoisotopic (exact) mass is 714 g/mol. The summed E-state index contributed by atoms with van der Waals surface area (Å²) in [5.74, 6) is -0.620. The van der Waals surface area contributed by atoms with Crippen molar-refractivity contribution in [2.45, 2.75) is 41.4 Å². The smallest absolute Gasteiger partial charge is 0.296 e. The Kier molecular flexibility index (Phi) is 10.0. The molecule has 0 spiro atoms. The minimum Gasteiger partial charge on any atom is -0.494 e. The highest BCUT2D eigenvalue weighted by Crippen LogP contribution is 2.51. The van der Waals surface area contributed by atoms with E-state index < -0.39 is 54.5 Å². The van der Waals surface area contributed by atoms with E-state index in [-0.39, 0.29) is 33.3 Å². The zero-order chi connectivity index (χ0) is 34.9. The Hall–Kier alpha value is -3.88. The lowest BCUT2D eigenvalue weighted by Crippen LogP contribution is -2.33. The van der Waals surface area contributed by atoms with Crippen LogP contribution in [0.5, 0.6) is 5.75 Å². The van der Waals surface area contributed by atoms with Crippen LogP contribution in [0.4, 0.5) is 4.39 Å². The van der Waals surface area contributed by atoms with E-state index in [2.05, 4.69) is 0 Å². The van der Waals surface area contributed by atoms with Gasteiger partial charge in [0.2, 0.25) is 0 Å². The van der Waals surface area contributed by atoms with Gasteiger partial charge >= 0.3 is 0 Å². The average Bonchev–Trinajstić information content (AvgIpc) is 3.43. The second-order valence-corrected chi connectivity index (χ2v) is 17.3. The molecule has 9 nitrogen and oxygen atoms in total. The van der Waals surface area contributed by atoms with E-state index in [9.17, 15) is 25.3 Å². The van der Waals surface area contributed by atoms with Gasteiger partial charge in [-0.1, -0.05) is 53.6 Å². The maximum absolute atomic E-state index is 15.0. The molecular formula is C35H35FO9S3. The van der Waals surface area contributed by atoms with Gasteiger partial charge in [0.05, 0.1) is 35.0 Å². The van der Waals surface area contributed by atoms with Crippen LogP contribution < -0.4 is 4.74 Å². The van der Waals surface area contributed by atoms with Crippen molar-refractivity contribution in [3.05, 3.63) is 119 Å². The Morgan fingerprint density at radius 1 is 0.625 bits per heavy atom.